The normalized spacial score (nSPS) is 10.0. The third kappa shape index (κ3) is 3.59. The number of benzene rings is 1. The molecule has 0 saturated heterocycles. The van der Waals surface area contributed by atoms with E-state index in [1.807, 2.05) is 0 Å². The molecule has 0 aliphatic heterocycles. The summed E-state index contributed by atoms with van der Waals surface area (Å²) in [5.41, 5.74) is 0.457. The van der Waals surface area contributed by atoms with E-state index in [2.05, 4.69) is 37.0 Å². The van der Waals surface area contributed by atoms with Gasteiger partial charge in [0.25, 0.3) is 0 Å². The Hall–Kier alpha value is 0.450. The van der Waals surface area contributed by atoms with Gasteiger partial charge < -0.3 is 10.9 Å². The van der Waals surface area contributed by atoms with Crippen LogP contribution in [-0.4, -0.2) is 6.21 Å². The van der Waals surface area contributed by atoms with Crippen molar-refractivity contribution in [2.45, 2.75) is 0 Å². The van der Waals surface area contributed by atoms with E-state index in [0.29, 0.717) is 10.0 Å². The Morgan fingerprint density at radius 3 is 2.54 bits per heavy atom. The first-order valence-corrected chi connectivity index (χ1v) is 4.63. The second-order valence-corrected chi connectivity index (χ2v) is 3.85. The minimum absolute atomic E-state index is 0. The Labute approximate surface area is 115 Å². The van der Waals surface area contributed by atoms with Crippen LogP contribution in [0, 0.1) is 0 Å². The Balaban J connectivity index is 0.00000144. The summed E-state index contributed by atoms with van der Waals surface area (Å²) in [6.45, 7) is 0. The van der Waals surface area contributed by atoms with Crippen molar-refractivity contribution in [2.24, 2.45) is 10.9 Å². The van der Waals surface area contributed by atoms with Gasteiger partial charge in [-0.2, -0.15) is 5.10 Å². The molecule has 0 spiro atoms. The van der Waals surface area contributed by atoms with Gasteiger partial charge in [-0.3, -0.25) is 0 Å². The van der Waals surface area contributed by atoms with Gasteiger partial charge in [0.2, 0.25) is 0 Å². The van der Waals surface area contributed by atoms with Crippen molar-refractivity contribution in [3.8, 4) is 5.75 Å². The van der Waals surface area contributed by atoms with Crippen molar-refractivity contribution in [1.29, 1.82) is 0 Å². The van der Waals surface area contributed by atoms with Gasteiger partial charge in [-0.15, -0.1) is 0 Å². The minimum atomic E-state index is -0.118. The molecular formula is C7H5Br2N2NaO. The maximum absolute atomic E-state index is 11.3. The fourth-order valence-electron chi connectivity index (χ4n) is 0.756. The molecule has 1 rings (SSSR count). The average molecular weight is 316 g/mol. The third-order valence-corrected chi connectivity index (χ3v) is 2.30. The Morgan fingerprint density at radius 2 is 2.00 bits per heavy atom. The van der Waals surface area contributed by atoms with Gasteiger partial charge in [-0.05, 0) is 17.7 Å². The smallest absolute Gasteiger partial charge is 0.871 e. The van der Waals surface area contributed by atoms with Gasteiger partial charge in [0.05, 0.1) is 6.21 Å². The second kappa shape index (κ2) is 6.03. The van der Waals surface area contributed by atoms with E-state index in [4.69, 9.17) is 5.84 Å². The molecule has 0 amide bonds. The summed E-state index contributed by atoms with van der Waals surface area (Å²) in [7, 11) is 0. The molecule has 2 N–H and O–H groups in total. The molecule has 0 heterocycles. The topological polar surface area (TPSA) is 61.4 Å². The van der Waals surface area contributed by atoms with Crippen LogP contribution in [0.25, 0.3) is 0 Å². The first kappa shape index (κ1) is 13.4. The van der Waals surface area contributed by atoms with Crippen LogP contribution in [0.2, 0.25) is 0 Å². The summed E-state index contributed by atoms with van der Waals surface area (Å²) in [6, 6.07) is 3.33. The van der Waals surface area contributed by atoms with Gasteiger partial charge in [0, 0.05) is 8.95 Å². The molecule has 13 heavy (non-hydrogen) atoms. The van der Waals surface area contributed by atoms with E-state index in [0.717, 1.165) is 4.47 Å². The fraction of sp³-hybridized carbons (Fsp3) is 0. The second-order valence-electron chi connectivity index (χ2n) is 2.08. The number of nitrogens with zero attached hydrogens (tertiary/aromatic N) is 1. The molecule has 0 atom stereocenters. The molecule has 0 saturated carbocycles. The molecule has 0 aliphatic carbocycles. The summed E-state index contributed by atoms with van der Waals surface area (Å²) in [5.74, 6) is 4.81. The summed E-state index contributed by atoms with van der Waals surface area (Å²) in [6.07, 6.45) is 1.32. The summed E-state index contributed by atoms with van der Waals surface area (Å²) < 4.78 is 1.30. The molecule has 0 fully saturated rings. The molecule has 0 unspecified atom stereocenters. The van der Waals surface area contributed by atoms with Gasteiger partial charge in [-0.1, -0.05) is 37.6 Å². The van der Waals surface area contributed by atoms with Crippen LogP contribution in [0.3, 0.4) is 0 Å². The number of hydrazone groups is 1. The van der Waals surface area contributed by atoms with Crippen molar-refractivity contribution in [1.82, 2.24) is 0 Å². The Bertz CT molecular complexity index is 331. The monoisotopic (exact) mass is 314 g/mol. The Morgan fingerprint density at radius 1 is 1.38 bits per heavy atom. The van der Waals surface area contributed by atoms with Gasteiger partial charge in [-0.25, -0.2) is 0 Å². The SMILES string of the molecule is N/N=C/c1cc(Br)cc(Br)c1[O-].[Na+]. The molecular weight excluding hydrogens is 311 g/mol. The van der Waals surface area contributed by atoms with Crippen molar-refractivity contribution < 1.29 is 34.7 Å². The van der Waals surface area contributed by atoms with Crippen molar-refractivity contribution in [3.63, 3.8) is 0 Å². The quantitative estimate of drug-likeness (QED) is 0.299. The predicted molar refractivity (Wildman–Crippen MR) is 53.1 cm³/mol. The van der Waals surface area contributed by atoms with Crippen molar-refractivity contribution in [3.05, 3.63) is 26.6 Å². The fourth-order valence-corrected chi connectivity index (χ4v) is 2.01. The average Bonchev–Trinajstić information content (AvgIpc) is 2.00. The van der Waals surface area contributed by atoms with Crippen LogP contribution < -0.4 is 40.5 Å². The summed E-state index contributed by atoms with van der Waals surface area (Å²) in [5, 5.41) is 14.6. The summed E-state index contributed by atoms with van der Waals surface area (Å²) >= 11 is 6.37. The van der Waals surface area contributed by atoms with Crippen LogP contribution in [0.4, 0.5) is 0 Å². The van der Waals surface area contributed by atoms with E-state index in [9.17, 15) is 5.11 Å². The number of halogens is 2. The predicted octanol–water partition coefficient (Wildman–Crippen LogP) is -1.42. The van der Waals surface area contributed by atoms with Gasteiger partial charge in [0.1, 0.15) is 0 Å². The largest absolute Gasteiger partial charge is 1.00 e. The van der Waals surface area contributed by atoms with E-state index in [1.54, 1.807) is 12.1 Å². The van der Waals surface area contributed by atoms with Crippen LogP contribution >= 0.6 is 31.9 Å². The van der Waals surface area contributed by atoms with E-state index in [1.165, 1.54) is 6.21 Å². The molecule has 0 bridgehead atoms. The minimum Gasteiger partial charge on any atom is -0.871 e. The zero-order chi connectivity index (χ0) is 9.14. The first-order valence-electron chi connectivity index (χ1n) is 3.04. The molecule has 64 valence electrons. The number of hydrogen-bond donors (Lipinski definition) is 1. The molecule has 0 aromatic heterocycles. The van der Waals surface area contributed by atoms with Crippen LogP contribution in [0.15, 0.2) is 26.2 Å². The maximum atomic E-state index is 11.3. The molecule has 0 aliphatic rings. The van der Waals surface area contributed by atoms with E-state index < -0.39 is 0 Å². The third-order valence-electron chi connectivity index (χ3n) is 1.25. The first-order chi connectivity index (χ1) is 5.65. The molecule has 1 aromatic rings. The molecule has 6 heteroatoms. The summed E-state index contributed by atoms with van der Waals surface area (Å²) in [4.78, 5) is 0. The van der Waals surface area contributed by atoms with Crippen LogP contribution in [0.5, 0.6) is 5.75 Å². The molecule has 1 aromatic carbocycles. The van der Waals surface area contributed by atoms with Gasteiger partial charge in [0.15, 0.2) is 0 Å². The standard InChI is InChI=1S/C7H6Br2N2O.Na/c8-5-1-4(3-11-10)7(12)6(9)2-5;/h1-3,12H,10H2;/q;+1/p-1/b11-3+;. The van der Waals surface area contributed by atoms with E-state index >= 15 is 0 Å². The number of nitrogens with two attached hydrogens (primary N) is 1. The van der Waals surface area contributed by atoms with Crippen molar-refractivity contribution >= 4 is 38.1 Å². The molecule has 0 radical (unpaired) electrons. The zero-order valence-electron chi connectivity index (χ0n) is 6.92. The van der Waals surface area contributed by atoms with Crippen LogP contribution in [0.1, 0.15) is 5.56 Å². The number of rotatable bonds is 1. The van der Waals surface area contributed by atoms with Crippen molar-refractivity contribution in [2.75, 3.05) is 0 Å². The van der Waals surface area contributed by atoms with E-state index in [-0.39, 0.29) is 35.3 Å². The zero-order valence-corrected chi connectivity index (χ0v) is 12.1. The van der Waals surface area contributed by atoms with Crippen LogP contribution in [-0.2, 0) is 0 Å². The van der Waals surface area contributed by atoms with Gasteiger partial charge >= 0.3 is 29.6 Å². The Kier molecular flexibility index (Phi) is 6.24. The maximum Gasteiger partial charge on any atom is 1.00 e. The molecule has 3 nitrogen and oxygen atoms in total. The number of hydrogen-bond acceptors (Lipinski definition) is 3.